The van der Waals surface area contributed by atoms with E-state index in [9.17, 15) is 4.79 Å². The molecular weight excluding hydrogens is 174 g/mol. The Hall–Kier alpha value is -1.57. The summed E-state index contributed by atoms with van der Waals surface area (Å²) in [4.78, 5) is 11.6. The van der Waals surface area contributed by atoms with Gasteiger partial charge in [0.25, 0.3) is 0 Å². The topological polar surface area (TPSA) is 43.1 Å². The van der Waals surface area contributed by atoms with Crippen molar-refractivity contribution in [1.29, 1.82) is 0 Å². The van der Waals surface area contributed by atoms with Crippen LogP contribution in [0, 0.1) is 0 Å². The molecule has 0 bridgehead atoms. The van der Waals surface area contributed by atoms with Crippen LogP contribution >= 0.6 is 0 Å². The minimum absolute atomic E-state index is 0.0654. The zero-order valence-electron chi connectivity index (χ0n) is 8.58. The summed E-state index contributed by atoms with van der Waals surface area (Å²) in [6.07, 6.45) is 0. The smallest absolute Gasteiger partial charge is 0.165 e. The molecule has 2 N–H and O–H groups in total. The number of ketones is 1. The predicted octanol–water partition coefficient (Wildman–Crippen LogP) is 2.52. The van der Waals surface area contributed by atoms with Crippen LogP contribution in [0.5, 0.6) is 0 Å². The lowest BCUT2D eigenvalue weighted by molar-refractivity contribution is -0.116. The number of nitrogens with two attached hydrogens (primary N) is 1. The van der Waals surface area contributed by atoms with Crippen LogP contribution in [-0.2, 0) is 4.79 Å². The molecule has 2 heteroatoms. The van der Waals surface area contributed by atoms with Gasteiger partial charge in [0.15, 0.2) is 5.78 Å². The second kappa shape index (κ2) is 4.09. The van der Waals surface area contributed by atoms with Gasteiger partial charge in [0.1, 0.15) is 0 Å². The van der Waals surface area contributed by atoms with Crippen molar-refractivity contribution in [2.75, 3.05) is 5.73 Å². The summed E-state index contributed by atoms with van der Waals surface area (Å²) in [7, 11) is 0. The van der Waals surface area contributed by atoms with Gasteiger partial charge in [0.05, 0.1) is 0 Å². The summed E-state index contributed by atoms with van der Waals surface area (Å²) in [5, 5.41) is 0. The van der Waals surface area contributed by atoms with Gasteiger partial charge in [-0.1, -0.05) is 25.6 Å². The summed E-state index contributed by atoms with van der Waals surface area (Å²) in [5.41, 5.74) is 7.85. The number of benzene rings is 1. The van der Waals surface area contributed by atoms with Crippen LogP contribution in [0.15, 0.2) is 36.4 Å². The average molecular weight is 189 g/mol. The van der Waals surface area contributed by atoms with Crippen LogP contribution in [0.4, 0.5) is 5.69 Å². The number of nitrogen functional groups attached to an aromatic ring is 1. The highest BCUT2D eigenvalue weighted by Gasteiger charge is 2.15. The van der Waals surface area contributed by atoms with Gasteiger partial charge in [-0.2, -0.15) is 0 Å². The van der Waals surface area contributed by atoms with Gasteiger partial charge < -0.3 is 5.73 Å². The third kappa shape index (κ3) is 2.22. The third-order valence-electron chi connectivity index (χ3n) is 2.22. The lowest BCUT2D eigenvalue weighted by Crippen LogP contribution is -2.09. The lowest BCUT2D eigenvalue weighted by Gasteiger charge is -2.10. The van der Waals surface area contributed by atoms with Gasteiger partial charge in [-0.15, -0.1) is 0 Å². The second-order valence-electron chi connectivity index (χ2n) is 3.54. The Morgan fingerprint density at radius 1 is 1.50 bits per heavy atom. The van der Waals surface area contributed by atoms with Crippen LogP contribution in [-0.4, -0.2) is 5.78 Å². The van der Waals surface area contributed by atoms with Gasteiger partial charge in [-0.25, -0.2) is 0 Å². The molecule has 74 valence electrons. The molecule has 0 saturated carbocycles. The van der Waals surface area contributed by atoms with Gasteiger partial charge >= 0.3 is 0 Å². The number of rotatable bonds is 3. The van der Waals surface area contributed by atoms with E-state index in [1.165, 1.54) is 0 Å². The Morgan fingerprint density at radius 2 is 2.14 bits per heavy atom. The summed E-state index contributed by atoms with van der Waals surface area (Å²) >= 11 is 0. The number of carbonyl (C=O) groups excluding carboxylic acids is 1. The maximum Gasteiger partial charge on any atom is 0.165 e. The number of anilines is 1. The molecule has 0 saturated heterocycles. The molecule has 0 spiro atoms. The molecule has 1 rings (SSSR count). The van der Waals surface area contributed by atoms with E-state index in [1.54, 1.807) is 6.92 Å². The highest BCUT2D eigenvalue weighted by Crippen LogP contribution is 2.20. The van der Waals surface area contributed by atoms with Crippen molar-refractivity contribution in [1.82, 2.24) is 0 Å². The first-order chi connectivity index (χ1) is 6.52. The fourth-order valence-corrected chi connectivity index (χ4v) is 1.35. The molecule has 0 aliphatic carbocycles. The molecule has 1 atom stereocenters. The Morgan fingerprint density at radius 3 is 2.64 bits per heavy atom. The Kier molecular flexibility index (Phi) is 3.07. The molecule has 0 aliphatic rings. The van der Waals surface area contributed by atoms with Crippen LogP contribution in [0.25, 0.3) is 0 Å². The normalized spacial score (nSPS) is 12.1. The van der Waals surface area contributed by atoms with E-state index in [4.69, 9.17) is 5.73 Å². The molecule has 1 aromatic rings. The van der Waals surface area contributed by atoms with Gasteiger partial charge in [-0.05, 0) is 30.2 Å². The average Bonchev–Trinajstić information content (AvgIpc) is 2.15. The molecular formula is C12H15NO. The van der Waals surface area contributed by atoms with Crippen molar-refractivity contribution in [3.8, 4) is 0 Å². The van der Waals surface area contributed by atoms with Crippen LogP contribution < -0.4 is 5.73 Å². The summed E-state index contributed by atoms with van der Waals surface area (Å²) < 4.78 is 0. The molecule has 2 nitrogen and oxygen atoms in total. The molecule has 14 heavy (non-hydrogen) atoms. The fourth-order valence-electron chi connectivity index (χ4n) is 1.35. The highest BCUT2D eigenvalue weighted by molar-refractivity contribution is 5.99. The summed E-state index contributed by atoms with van der Waals surface area (Å²) in [6, 6.07) is 7.39. The first kappa shape index (κ1) is 10.5. The number of Topliss-reactive ketones (excluding diaryl/α,β-unsaturated/α-hetero) is 1. The van der Waals surface area contributed by atoms with E-state index in [-0.39, 0.29) is 11.7 Å². The molecule has 0 aromatic heterocycles. The maximum absolute atomic E-state index is 11.6. The predicted molar refractivity (Wildman–Crippen MR) is 59.1 cm³/mol. The van der Waals surface area contributed by atoms with Gasteiger partial charge in [0, 0.05) is 11.6 Å². The third-order valence-corrected chi connectivity index (χ3v) is 2.22. The fraction of sp³-hybridized carbons (Fsp3) is 0.250. The molecule has 0 fully saturated rings. The summed E-state index contributed by atoms with van der Waals surface area (Å²) in [6.45, 7) is 7.24. The monoisotopic (exact) mass is 189 g/mol. The van der Waals surface area contributed by atoms with Crippen LogP contribution in [0.3, 0.4) is 0 Å². The molecule has 0 heterocycles. The quantitative estimate of drug-likeness (QED) is 0.586. The standard InChI is InChI=1S/C12H15NO/c1-8(2)12(14)9(3)10-5-4-6-11(13)7-10/h4-7,9H,1,13H2,2-3H3. The van der Waals surface area contributed by atoms with E-state index in [1.807, 2.05) is 31.2 Å². The van der Waals surface area contributed by atoms with E-state index in [0.717, 1.165) is 5.56 Å². The molecule has 0 radical (unpaired) electrons. The van der Waals surface area contributed by atoms with E-state index >= 15 is 0 Å². The number of allylic oxidation sites excluding steroid dienone is 1. The van der Waals surface area contributed by atoms with E-state index < -0.39 is 0 Å². The maximum atomic E-state index is 11.6. The number of carbonyl (C=O) groups is 1. The molecule has 1 aromatic carbocycles. The first-order valence-electron chi connectivity index (χ1n) is 4.57. The van der Waals surface area contributed by atoms with Crippen molar-refractivity contribution >= 4 is 11.5 Å². The van der Waals surface area contributed by atoms with E-state index in [0.29, 0.717) is 11.3 Å². The molecule has 0 aliphatic heterocycles. The van der Waals surface area contributed by atoms with Crippen molar-refractivity contribution < 1.29 is 4.79 Å². The van der Waals surface area contributed by atoms with E-state index in [2.05, 4.69) is 6.58 Å². The van der Waals surface area contributed by atoms with Crippen LogP contribution in [0.1, 0.15) is 25.3 Å². The Balaban J connectivity index is 2.95. The van der Waals surface area contributed by atoms with Crippen molar-refractivity contribution in [2.45, 2.75) is 19.8 Å². The minimum Gasteiger partial charge on any atom is -0.399 e. The Labute approximate surface area is 84.4 Å². The minimum atomic E-state index is -0.156. The number of hydrogen-bond donors (Lipinski definition) is 1. The van der Waals surface area contributed by atoms with Crippen molar-refractivity contribution in [2.24, 2.45) is 0 Å². The Bertz CT molecular complexity index is 368. The zero-order valence-corrected chi connectivity index (χ0v) is 8.58. The SMILES string of the molecule is C=C(C)C(=O)C(C)c1cccc(N)c1. The van der Waals surface area contributed by atoms with Gasteiger partial charge in [0.2, 0.25) is 0 Å². The largest absolute Gasteiger partial charge is 0.399 e. The molecule has 1 unspecified atom stereocenters. The molecule has 0 amide bonds. The van der Waals surface area contributed by atoms with Crippen molar-refractivity contribution in [3.63, 3.8) is 0 Å². The van der Waals surface area contributed by atoms with Gasteiger partial charge in [-0.3, -0.25) is 4.79 Å². The lowest BCUT2D eigenvalue weighted by atomic mass is 9.93. The number of hydrogen-bond acceptors (Lipinski definition) is 2. The van der Waals surface area contributed by atoms with Crippen molar-refractivity contribution in [3.05, 3.63) is 42.0 Å². The first-order valence-corrected chi connectivity index (χ1v) is 4.57. The van der Waals surface area contributed by atoms with Crippen LogP contribution in [0.2, 0.25) is 0 Å². The zero-order chi connectivity index (χ0) is 10.7. The summed E-state index contributed by atoms with van der Waals surface area (Å²) in [5.74, 6) is -0.0911. The second-order valence-corrected chi connectivity index (χ2v) is 3.54. The highest BCUT2D eigenvalue weighted by atomic mass is 16.1.